The minimum Gasteiger partial charge on any atom is -0.457 e. The predicted octanol–water partition coefficient (Wildman–Crippen LogP) is 4.61. The van der Waals surface area contributed by atoms with Gasteiger partial charge in [-0.15, -0.1) is 0 Å². The van der Waals surface area contributed by atoms with Crippen LogP contribution in [0.15, 0.2) is 54.6 Å². The molecular formula is C39H53N5O7. The maximum absolute atomic E-state index is 14.3. The van der Waals surface area contributed by atoms with E-state index in [0.717, 1.165) is 12.8 Å². The standard InChI is InChI=1S/C39H53N5O7/c1-22(2)28-19-20-44(31(28)36(48)41-29(21-24-13-14-24)33(46)35(40)47)37(49)34(39(5,6)7)43-38(50)42-30(23(3)4)32(45)25-15-17-27(18-16-25)51-26-11-9-8-10-12-26/h8-12,15-18,22-24,28-31,34H,13-14,19-21H2,1-7H3,(H2,40,47)(H,41,48)(H2,42,43,50)/t28?,29?,30-,31-,34+/m0/s1. The number of urea groups is 1. The monoisotopic (exact) mass is 703 g/mol. The molecule has 276 valence electrons. The molecule has 2 aromatic carbocycles. The summed E-state index contributed by atoms with van der Waals surface area (Å²) in [6.07, 6.45) is 2.66. The molecule has 0 bridgehead atoms. The van der Waals surface area contributed by atoms with Gasteiger partial charge in [-0.3, -0.25) is 24.0 Å². The fourth-order valence-electron chi connectivity index (χ4n) is 6.60. The first-order valence-corrected chi connectivity index (χ1v) is 17.9. The smallest absolute Gasteiger partial charge is 0.316 e. The number of hydrogen-bond donors (Lipinski definition) is 4. The van der Waals surface area contributed by atoms with Crippen molar-refractivity contribution in [2.45, 2.75) is 98.3 Å². The van der Waals surface area contributed by atoms with Crippen molar-refractivity contribution in [1.29, 1.82) is 0 Å². The molecule has 5 amide bonds. The molecule has 1 heterocycles. The number of primary amides is 1. The predicted molar refractivity (Wildman–Crippen MR) is 193 cm³/mol. The minimum atomic E-state index is -1.11. The van der Waals surface area contributed by atoms with E-state index in [-0.39, 0.29) is 36.0 Å². The molecule has 51 heavy (non-hydrogen) atoms. The van der Waals surface area contributed by atoms with Crippen LogP contribution in [-0.2, 0) is 19.2 Å². The summed E-state index contributed by atoms with van der Waals surface area (Å²) in [6, 6.07) is 11.3. The number of hydrogen-bond acceptors (Lipinski definition) is 7. The quantitative estimate of drug-likeness (QED) is 0.155. The van der Waals surface area contributed by atoms with E-state index >= 15 is 0 Å². The van der Waals surface area contributed by atoms with Gasteiger partial charge in [0.1, 0.15) is 23.6 Å². The lowest BCUT2D eigenvalue weighted by Gasteiger charge is -2.37. The number of carbonyl (C=O) groups is 6. The Hall–Kier alpha value is -4.74. The summed E-state index contributed by atoms with van der Waals surface area (Å²) < 4.78 is 5.84. The van der Waals surface area contributed by atoms with Gasteiger partial charge in [0.25, 0.3) is 5.91 Å². The van der Waals surface area contributed by atoms with Crippen LogP contribution in [0.1, 0.15) is 84.5 Å². The van der Waals surface area contributed by atoms with Crippen LogP contribution in [0.25, 0.3) is 0 Å². The molecule has 1 aliphatic carbocycles. The number of Topliss-reactive ketones (excluding diaryl/α,β-unsaturated/α-hetero) is 2. The van der Waals surface area contributed by atoms with Gasteiger partial charge < -0.3 is 31.3 Å². The Balaban J connectivity index is 1.49. The number of para-hydroxylation sites is 1. The van der Waals surface area contributed by atoms with Crippen molar-refractivity contribution in [2.24, 2.45) is 34.8 Å². The number of nitrogens with one attached hydrogen (secondary N) is 3. The number of carbonyl (C=O) groups excluding carboxylic acids is 6. The Bertz CT molecular complexity index is 1580. The van der Waals surface area contributed by atoms with Crippen molar-refractivity contribution >= 4 is 35.3 Å². The Morgan fingerprint density at radius 2 is 1.45 bits per heavy atom. The zero-order valence-corrected chi connectivity index (χ0v) is 30.7. The number of likely N-dealkylation sites (tertiary alicyclic amines) is 1. The van der Waals surface area contributed by atoms with Gasteiger partial charge in [0.05, 0.1) is 12.1 Å². The van der Waals surface area contributed by atoms with Crippen LogP contribution in [0.3, 0.4) is 0 Å². The molecule has 1 saturated carbocycles. The molecule has 4 rings (SSSR count). The van der Waals surface area contributed by atoms with E-state index in [9.17, 15) is 28.8 Å². The zero-order valence-electron chi connectivity index (χ0n) is 30.7. The molecular weight excluding hydrogens is 650 g/mol. The SMILES string of the molecule is CC(C)C1CCN(C(=O)[C@@H](NC(=O)N[C@H](C(=O)c2ccc(Oc3ccccc3)cc2)C(C)C)C(C)(C)C)[C@@H]1C(=O)NC(CC1CC1)C(=O)C(N)=O. The van der Waals surface area contributed by atoms with Crippen molar-refractivity contribution in [3.8, 4) is 11.5 Å². The van der Waals surface area contributed by atoms with Crippen molar-refractivity contribution in [2.75, 3.05) is 6.54 Å². The van der Waals surface area contributed by atoms with Gasteiger partial charge in [0, 0.05) is 12.1 Å². The Kier molecular flexibility index (Phi) is 12.6. The third-order valence-corrected chi connectivity index (χ3v) is 9.74. The highest BCUT2D eigenvalue weighted by Crippen LogP contribution is 2.36. The molecule has 2 aromatic rings. The molecule has 0 radical (unpaired) electrons. The molecule has 0 aromatic heterocycles. The van der Waals surface area contributed by atoms with Crippen LogP contribution in [0.5, 0.6) is 11.5 Å². The number of amides is 5. The highest BCUT2D eigenvalue weighted by atomic mass is 16.5. The van der Waals surface area contributed by atoms with Gasteiger partial charge in [-0.05, 0) is 78.3 Å². The molecule has 1 saturated heterocycles. The molecule has 12 heteroatoms. The van der Waals surface area contributed by atoms with Crippen molar-refractivity contribution < 1.29 is 33.5 Å². The first-order chi connectivity index (χ1) is 24.0. The van der Waals surface area contributed by atoms with Gasteiger partial charge in [-0.25, -0.2) is 4.79 Å². The molecule has 5 N–H and O–H groups in total. The third-order valence-electron chi connectivity index (χ3n) is 9.74. The molecule has 12 nitrogen and oxygen atoms in total. The zero-order chi connectivity index (χ0) is 37.6. The lowest BCUT2D eigenvalue weighted by atomic mass is 9.84. The summed E-state index contributed by atoms with van der Waals surface area (Å²) in [5.41, 5.74) is 4.91. The normalized spacial score (nSPS) is 19.2. The van der Waals surface area contributed by atoms with E-state index in [4.69, 9.17) is 10.5 Å². The fourth-order valence-corrected chi connectivity index (χ4v) is 6.60. The summed E-state index contributed by atoms with van der Waals surface area (Å²) in [6.45, 7) is 13.3. The largest absolute Gasteiger partial charge is 0.457 e. The van der Waals surface area contributed by atoms with E-state index < -0.39 is 59.1 Å². The van der Waals surface area contributed by atoms with Crippen LogP contribution >= 0.6 is 0 Å². The number of rotatable bonds is 15. The second-order valence-electron chi connectivity index (χ2n) is 15.6. The number of benzene rings is 2. The third kappa shape index (κ3) is 10.2. The minimum absolute atomic E-state index is 0.0217. The van der Waals surface area contributed by atoms with E-state index in [1.807, 2.05) is 78.8 Å². The van der Waals surface area contributed by atoms with E-state index in [1.165, 1.54) is 4.90 Å². The lowest BCUT2D eigenvalue weighted by Crippen LogP contribution is -2.62. The Morgan fingerprint density at radius 1 is 0.843 bits per heavy atom. The highest BCUT2D eigenvalue weighted by molar-refractivity contribution is 6.37. The number of nitrogens with two attached hydrogens (primary N) is 1. The van der Waals surface area contributed by atoms with Crippen molar-refractivity contribution in [3.05, 3.63) is 60.2 Å². The Morgan fingerprint density at radius 3 is 1.98 bits per heavy atom. The Labute approximate surface area is 300 Å². The maximum atomic E-state index is 14.3. The second-order valence-corrected chi connectivity index (χ2v) is 15.6. The first-order valence-electron chi connectivity index (χ1n) is 17.9. The summed E-state index contributed by atoms with van der Waals surface area (Å²) in [5.74, 6) is -2.29. The van der Waals surface area contributed by atoms with Gasteiger partial charge in [-0.1, -0.05) is 79.5 Å². The average Bonchev–Trinajstić information content (AvgIpc) is 3.77. The topological polar surface area (TPSA) is 177 Å². The number of nitrogens with zero attached hydrogens (tertiary/aromatic N) is 1. The molecule has 2 fully saturated rings. The first kappa shape index (κ1) is 39.1. The van der Waals surface area contributed by atoms with Crippen LogP contribution in [0.2, 0.25) is 0 Å². The highest BCUT2D eigenvalue weighted by Gasteiger charge is 2.48. The van der Waals surface area contributed by atoms with E-state index in [0.29, 0.717) is 29.9 Å². The van der Waals surface area contributed by atoms with Crippen LogP contribution in [0.4, 0.5) is 4.79 Å². The van der Waals surface area contributed by atoms with Crippen molar-refractivity contribution in [3.63, 3.8) is 0 Å². The second kappa shape index (κ2) is 16.5. The van der Waals surface area contributed by atoms with Gasteiger partial charge >= 0.3 is 6.03 Å². The van der Waals surface area contributed by atoms with Gasteiger partial charge in [0.2, 0.25) is 17.6 Å². The number of ketones is 2. The van der Waals surface area contributed by atoms with Crippen molar-refractivity contribution in [1.82, 2.24) is 20.9 Å². The van der Waals surface area contributed by atoms with Crippen LogP contribution in [-0.4, -0.2) is 70.9 Å². The lowest BCUT2D eigenvalue weighted by molar-refractivity contribution is -0.144. The van der Waals surface area contributed by atoms with E-state index in [2.05, 4.69) is 16.0 Å². The molecule has 0 spiro atoms. The summed E-state index contributed by atoms with van der Waals surface area (Å²) in [5, 5.41) is 8.36. The van der Waals surface area contributed by atoms with Gasteiger partial charge in [0.15, 0.2) is 5.78 Å². The molecule has 2 aliphatic rings. The summed E-state index contributed by atoms with van der Waals surface area (Å²) >= 11 is 0. The van der Waals surface area contributed by atoms with Crippen LogP contribution < -0.4 is 26.4 Å². The maximum Gasteiger partial charge on any atom is 0.316 e. The van der Waals surface area contributed by atoms with E-state index in [1.54, 1.807) is 24.3 Å². The summed E-state index contributed by atoms with van der Waals surface area (Å²) in [4.78, 5) is 81.4. The van der Waals surface area contributed by atoms with Gasteiger partial charge in [-0.2, -0.15) is 0 Å². The number of ether oxygens (including phenoxy) is 1. The van der Waals surface area contributed by atoms with Crippen LogP contribution in [0, 0.1) is 29.1 Å². The average molecular weight is 704 g/mol. The molecule has 1 aliphatic heterocycles. The molecule has 5 atom stereocenters. The fraction of sp³-hybridized carbons (Fsp3) is 0.538. The molecule has 2 unspecified atom stereocenters. The summed E-state index contributed by atoms with van der Waals surface area (Å²) in [7, 11) is 0.